The van der Waals surface area contributed by atoms with Gasteiger partial charge in [-0.3, -0.25) is 18.7 Å². The van der Waals surface area contributed by atoms with E-state index in [2.05, 4.69) is 10.2 Å². The summed E-state index contributed by atoms with van der Waals surface area (Å²) >= 11 is 1.18. The Morgan fingerprint density at radius 1 is 0.943 bits per heavy atom. The first-order valence-corrected chi connectivity index (χ1v) is 12.1. The predicted molar refractivity (Wildman–Crippen MR) is 136 cm³/mol. The molecule has 2 aromatic heterocycles. The number of aromatic nitrogens is 5. The standard InChI is InChI=1S/C25H26N6O3S/c1-3-30-23(33)21(22(26)31(25(30)34)15-18-12-8-5-9-13-18)19(32)16-35-24-28-27-20(29(24)2)14-17-10-6-4-7-11-17/h4-13H,3,14-16,26H2,1-2H3. The molecule has 0 aliphatic heterocycles. The van der Waals surface area contributed by atoms with Gasteiger partial charge in [-0.15, -0.1) is 10.2 Å². The van der Waals surface area contributed by atoms with Crippen LogP contribution in [0.3, 0.4) is 0 Å². The summed E-state index contributed by atoms with van der Waals surface area (Å²) in [5.41, 5.74) is 6.77. The second-order valence-electron chi connectivity index (χ2n) is 8.00. The Hall–Kier alpha value is -3.92. The number of carbonyl (C=O) groups excluding carboxylic acids is 1. The molecule has 180 valence electrons. The average Bonchev–Trinajstić information content (AvgIpc) is 3.21. The Kier molecular flexibility index (Phi) is 7.31. The molecule has 0 unspecified atom stereocenters. The number of nitrogens with two attached hydrogens (primary N) is 1. The summed E-state index contributed by atoms with van der Waals surface area (Å²) in [6.07, 6.45) is 0.609. The van der Waals surface area contributed by atoms with Crippen molar-refractivity contribution in [1.82, 2.24) is 23.9 Å². The van der Waals surface area contributed by atoms with Gasteiger partial charge in [0, 0.05) is 20.0 Å². The Bertz CT molecular complexity index is 1460. The molecule has 4 rings (SSSR count). The van der Waals surface area contributed by atoms with Crippen molar-refractivity contribution in [2.45, 2.75) is 31.6 Å². The summed E-state index contributed by atoms with van der Waals surface area (Å²) in [6, 6.07) is 19.2. The average molecular weight is 491 g/mol. The maximum Gasteiger partial charge on any atom is 0.332 e. The van der Waals surface area contributed by atoms with Crippen LogP contribution in [-0.4, -0.2) is 35.4 Å². The van der Waals surface area contributed by atoms with Gasteiger partial charge in [-0.05, 0) is 18.1 Å². The van der Waals surface area contributed by atoms with Gasteiger partial charge in [0.25, 0.3) is 5.56 Å². The molecule has 2 aromatic carbocycles. The number of nitrogens with zero attached hydrogens (tertiary/aromatic N) is 5. The van der Waals surface area contributed by atoms with Crippen molar-refractivity contribution in [3.63, 3.8) is 0 Å². The number of rotatable bonds is 9. The Balaban J connectivity index is 1.58. The lowest BCUT2D eigenvalue weighted by Gasteiger charge is -2.15. The lowest BCUT2D eigenvalue weighted by molar-refractivity contribution is 0.102. The molecule has 0 aliphatic carbocycles. The van der Waals surface area contributed by atoms with Crippen molar-refractivity contribution in [2.24, 2.45) is 7.05 Å². The van der Waals surface area contributed by atoms with E-state index in [1.54, 1.807) is 6.92 Å². The summed E-state index contributed by atoms with van der Waals surface area (Å²) in [5.74, 6) is 0.107. The van der Waals surface area contributed by atoms with E-state index in [9.17, 15) is 14.4 Å². The SMILES string of the molecule is CCn1c(=O)c(C(=O)CSc2nnc(Cc3ccccc3)n2C)c(N)n(Cc2ccccc2)c1=O. The van der Waals surface area contributed by atoms with Crippen molar-refractivity contribution in [2.75, 3.05) is 11.5 Å². The van der Waals surface area contributed by atoms with Gasteiger partial charge in [-0.25, -0.2) is 4.79 Å². The molecule has 0 fully saturated rings. The van der Waals surface area contributed by atoms with Crippen LogP contribution in [0.1, 0.15) is 34.2 Å². The number of ketones is 1. The number of benzene rings is 2. The van der Waals surface area contributed by atoms with E-state index >= 15 is 0 Å². The molecule has 2 heterocycles. The minimum Gasteiger partial charge on any atom is -0.384 e. The van der Waals surface area contributed by atoms with Crippen molar-refractivity contribution in [3.8, 4) is 0 Å². The quantitative estimate of drug-likeness (QED) is 0.283. The van der Waals surface area contributed by atoms with Crippen LogP contribution in [0.4, 0.5) is 5.82 Å². The number of carbonyl (C=O) groups is 1. The molecule has 0 saturated heterocycles. The fourth-order valence-corrected chi connectivity index (χ4v) is 4.58. The van der Waals surface area contributed by atoms with Crippen molar-refractivity contribution in [3.05, 3.63) is 104 Å². The topological polar surface area (TPSA) is 118 Å². The Morgan fingerprint density at radius 2 is 1.57 bits per heavy atom. The molecule has 4 aromatic rings. The number of nitrogen functional groups attached to an aromatic ring is 1. The highest BCUT2D eigenvalue weighted by Gasteiger charge is 2.23. The summed E-state index contributed by atoms with van der Waals surface area (Å²) in [7, 11) is 1.84. The van der Waals surface area contributed by atoms with Crippen molar-refractivity contribution in [1.29, 1.82) is 0 Å². The second-order valence-corrected chi connectivity index (χ2v) is 8.94. The van der Waals surface area contributed by atoms with E-state index in [1.807, 2.05) is 72.3 Å². The summed E-state index contributed by atoms with van der Waals surface area (Å²) < 4.78 is 4.14. The molecule has 10 heteroatoms. The number of thioether (sulfide) groups is 1. The van der Waals surface area contributed by atoms with Gasteiger partial charge in [-0.1, -0.05) is 72.4 Å². The number of hydrogen-bond donors (Lipinski definition) is 1. The van der Waals surface area contributed by atoms with Gasteiger partial charge in [0.1, 0.15) is 17.2 Å². The van der Waals surface area contributed by atoms with Crippen molar-refractivity contribution >= 4 is 23.4 Å². The van der Waals surface area contributed by atoms with Crippen LogP contribution in [-0.2, 0) is 26.6 Å². The molecule has 0 spiro atoms. The number of Topliss-reactive ketones (excluding diaryl/α,β-unsaturated/α-hetero) is 1. The van der Waals surface area contributed by atoms with Gasteiger partial charge in [0.15, 0.2) is 10.9 Å². The molecule has 0 aliphatic rings. The Morgan fingerprint density at radius 3 is 2.20 bits per heavy atom. The molecule has 35 heavy (non-hydrogen) atoms. The molecule has 0 saturated carbocycles. The third-order valence-electron chi connectivity index (χ3n) is 5.71. The number of hydrogen-bond acceptors (Lipinski definition) is 7. The van der Waals surface area contributed by atoms with Gasteiger partial charge in [0.2, 0.25) is 0 Å². The van der Waals surface area contributed by atoms with Crippen LogP contribution < -0.4 is 17.0 Å². The van der Waals surface area contributed by atoms with Crippen LogP contribution in [0.2, 0.25) is 0 Å². The third kappa shape index (κ3) is 5.12. The molecule has 0 atom stereocenters. The molecule has 0 bridgehead atoms. The zero-order chi connectivity index (χ0) is 24.9. The fourth-order valence-electron chi connectivity index (χ4n) is 3.78. The first kappa shape index (κ1) is 24.2. The van der Waals surface area contributed by atoms with Gasteiger partial charge in [-0.2, -0.15) is 0 Å². The largest absolute Gasteiger partial charge is 0.384 e. The molecular formula is C25H26N6O3S. The summed E-state index contributed by atoms with van der Waals surface area (Å²) in [5, 5.41) is 8.99. The minimum absolute atomic E-state index is 0.0655. The lowest BCUT2D eigenvalue weighted by atomic mass is 10.1. The van der Waals surface area contributed by atoms with Crippen LogP contribution >= 0.6 is 11.8 Å². The van der Waals surface area contributed by atoms with Crippen LogP contribution in [0.5, 0.6) is 0 Å². The van der Waals surface area contributed by atoms with Gasteiger partial charge < -0.3 is 10.3 Å². The molecular weight excluding hydrogens is 464 g/mol. The smallest absolute Gasteiger partial charge is 0.332 e. The maximum absolute atomic E-state index is 13.2. The zero-order valence-corrected chi connectivity index (χ0v) is 20.4. The van der Waals surface area contributed by atoms with E-state index in [1.165, 1.54) is 16.3 Å². The first-order valence-electron chi connectivity index (χ1n) is 11.2. The van der Waals surface area contributed by atoms with E-state index < -0.39 is 17.0 Å². The van der Waals surface area contributed by atoms with Gasteiger partial charge in [0.05, 0.1) is 12.3 Å². The second kappa shape index (κ2) is 10.6. The van der Waals surface area contributed by atoms with E-state index in [4.69, 9.17) is 5.73 Å². The highest BCUT2D eigenvalue weighted by Crippen LogP contribution is 2.20. The third-order valence-corrected chi connectivity index (χ3v) is 6.73. The van der Waals surface area contributed by atoms with Crippen LogP contribution in [0.15, 0.2) is 75.4 Å². The van der Waals surface area contributed by atoms with E-state index in [-0.39, 0.29) is 30.2 Å². The van der Waals surface area contributed by atoms with Gasteiger partial charge >= 0.3 is 5.69 Å². The monoisotopic (exact) mass is 490 g/mol. The fraction of sp³-hybridized carbons (Fsp3) is 0.240. The minimum atomic E-state index is -0.673. The maximum atomic E-state index is 13.2. The van der Waals surface area contributed by atoms with E-state index in [0.29, 0.717) is 11.6 Å². The molecule has 0 radical (unpaired) electrons. The summed E-state index contributed by atoms with van der Waals surface area (Å²) in [4.78, 5) is 39.1. The van der Waals surface area contributed by atoms with Crippen LogP contribution in [0, 0.1) is 0 Å². The molecule has 2 N–H and O–H groups in total. The highest BCUT2D eigenvalue weighted by atomic mass is 32.2. The van der Waals surface area contributed by atoms with E-state index in [0.717, 1.165) is 21.5 Å². The molecule has 9 nitrogen and oxygen atoms in total. The molecule has 0 amide bonds. The Labute approximate surface area is 206 Å². The van der Waals surface area contributed by atoms with Crippen molar-refractivity contribution < 1.29 is 4.79 Å². The zero-order valence-electron chi connectivity index (χ0n) is 19.5. The lowest BCUT2D eigenvalue weighted by Crippen LogP contribution is -2.44. The first-order chi connectivity index (χ1) is 16.9. The predicted octanol–water partition coefficient (Wildman–Crippen LogP) is 2.35. The summed E-state index contributed by atoms with van der Waals surface area (Å²) in [6.45, 7) is 1.97. The number of anilines is 1. The normalized spacial score (nSPS) is 11.0. The van der Waals surface area contributed by atoms with Crippen LogP contribution in [0.25, 0.3) is 0 Å². The highest BCUT2D eigenvalue weighted by molar-refractivity contribution is 7.99.